The van der Waals surface area contributed by atoms with Crippen LogP contribution in [0.3, 0.4) is 0 Å². The van der Waals surface area contributed by atoms with Crippen LogP contribution in [-0.2, 0) is 5.41 Å². The summed E-state index contributed by atoms with van der Waals surface area (Å²) in [6.07, 6.45) is 0. The molecule has 60 heavy (non-hydrogen) atoms. The van der Waals surface area contributed by atoms with E-state index in [1.165, 1.54) is 66.4 Å². The summed E-state index contributed by atoms with van der Waals surface area (Å²) in [7, 11) is 0. The minimum atomic E-state index is -0.486. The van der Waals surface area contributed by atoms with Crippen molar-refractivity contribution < 1.29 is 9.47 Å². The van der Waals surface area contributed by atoms with Crippen LogP contribution in [0, 0.1) is 0 Å². The summed E-state index contributed by atoms with van der Waals surface area (Å²) in [6.45, 7) is 0. The van der Waals surface area contributed by atoms with E-state index in [0.717, 1.165) is 27.8 Å². The molecule has 0 saturated heterocycles. The summed E-state index contributed by atoms with van der Waals surface area (Å²) < 4.78 is 14.1. The van der Waals surface area contributed by atoms with Crippen LogP contribution in [-0.4, -0.2) is 0 Å². The summed E-state index contributed by atoms with van der Waals surface area (Å²) in [4.78, 5) is 2.30. The summed E-state index contributed by atoms with van der Waals surface area (Å²) in [6, 6.07) is 76.5. The second-order valence-corrected chi connectivity index (χ2v) is 16.0. The smallest absolute Gasteiger partial charge is 0.194 e. The molecular formula is C57H35NO2. The molecule has 0 fully saturated rings. The molecule has 0 bridgehead atoms. The normalized spacial score (nSPS) is 13.4. The second kappa shape index (κ2) is 12.6. The Morgan fingerprint density at radius 2 is 0.867 bits per heavy atom. The first kappa shape index (κ1) is 33.1. The van der Waals surface area contributed by atoms with E-state index in [-0.39, 0.29) is 0 Å². The summed E-state index contributed by atoms with van der Waals surface area (Å²) in [5.41, 5.74) is 14.9. The minimum absolute atomic E-state index is 0.486. The van der Waals surface area contributed by atoms with E-state index in [1.807, 2.05) is 6.07 Å². The minimum Gasteiger partial charge on any atom is -0.449 e. The van der Waals surface area contributed by atoms with Crippen molar-refractivity contribution in [1.82, 2.24) is 0 Å². The van der Waals surface area contributed by atoms with Gasteiger partial charge in [-0.05, 0) is 132 Å². The highest BCUT2D eigenvalue weighted by Crippen LogP contribution is 2.65. The fourth-order valence-electron chi connectivity index (χ4n) is 10.3. The van der Waals surface area contributed by atoms with Crippen LogP contribution in [0.5, 0.6) is 23.0 Å². The van der Waals surface area contributed by atoms with E-state index in [4.69, 9.17) is 9.47 Å². The van der Waals surface area contributed by atoms with Gasteiger partial charge in [-0.25, -0.2) is 0 Å². The lowest BCUT2D eigenvalue weighted by atomic mass is 9.70. The van der Waals surface area contributed by atoms with Crippen LogP contribution >= 0.6 is 0 Å². The highest BCUT2D eigenvalue weighted by Gasteiger charge is 2.52. The predicted octanol–water partition coefficient (Wildman–Crippen LogP) is 15.4. The molecule has 0 amide bonds. The molecule has 0 atom stereocenters. The maximum atomic E-state index is 7.21. The SMILES string of the molecule is c1ccc(-c2ccc3cc(N(c4ccc5ccccc5c4)c4cccc5c4Oc4cc6c(cc4O5)-c4ccccc4C64c5ccccc5-c5ccccc54)ccc3c2)cc1. The van der Waals surface area contributed by atoms with E-state index in [2.05, 4.69) is 211 Å². The molecule has 2 aliphatic carbocycles. The standard InChI is InChI=1S/C57H35NO2/c1-2-13-36(14-3-1)39-25-26-41-33-43(30-28-40(41)31-39)58(42-29-27-37-15-4-5-16-38(37)32-42)52-23-12-24-53-56(52)60-55-35-51-47(34-54(55)59-53)46-19-8-11-22-50(46)57(51)48-20-9-6-17-44(48)45-18-7-10-21-49(45)57/h1-35H. The van der Waals surface area contributed by atoms with Gasteiger partial charge in [0.25, 0.3) is 0 Å². The first-order chi connectivity index (χ1) is 29.7. The number of nitrogens with zero attached hydrogens (tertiary/aromatic N) is 1. The number of hydrogen-bond donors (Lipinski definition) is 0. The van der Waals surface area contributed by atoms with Gasteiger partial charge in [-0.3, -0.25) is 0 Å². The lowest BCUT2D eigenvalue weighted by Gasteiger charge is -2.32. The zero-order valence-electron chi connectivity index (χ0n) is 32.5. The quantitative estimate of drug-likeness (QED) is 0.178. The van der Waals surface area contributed by atoms with Crippen molar-refractivity contribution in [3.05, 3.63) is 235 Å². The number of ether oxygens (including phenoxy) is 2. The van der Waals surface area contributed by atoms with Gasteiger partial charge in [-0.1, -0.05) is 158 Å². The van der Waals surface area contributed by atoms with Crippen LogP contribution in [0.2, 0.25) is 0 Å². The number of rotatable bonds is 4. The van der Waals surface area contributed by atoms with Crippen LogP contribution in [0.1, 0.15) is 22.3 Å². The maximum absolute atomic E-state index is 7.21. The Labute approximate surface area is 348 Å². The molecule has 10 aromatic carbocycles. The molecule has 0 N–H and O–H groups in total. The van der Waals surface area contributed by atoms with Crippen LogP contribution < -0.4 is 14.4 Å². The molecule has 3 nitrogen and oxygen atoms in total. The fraction of sp³-hybridized carbons (Fsp3) is 0.0175. The van der Waals surface area contributed by atoms with Gasteiger partial charge >= 0.3 is 0 Å². The Bertz CT molecular complexity index is 3360. The number of hydrogen-bond acceptors (Lipinski definition) is 3. The second-order valence-electron chi connectivity index (χ2n) is 16.0. The largest absolute Gasteiger partial charge is 0.449 e. The van der Waals surface area contributed by atoms with Crippen molar-refractivity contribution in [2.75, 3.05) is 4.90 Å². The number of para-hydroxylation sites is 1. The van der Waals surface area contributed by atoms with Crippen LogP contribution in [0.25, 0.3) is 54.9 Å². The Hall–Kier alpha value is -7.88. The molecule has 1 spiro atoms. The third-order valence-electron chi connectivity index (χ3n) is 12.9. The van der Waals surface area contributed by atoms with Crippen molar-refractivity contribution in [2.45, 2.75) is 5.41 Å². The Kier molecular flexibility index (Phi) is 6.93. The summed E-state index contributed by atoms with van der Waals surface area (Å²) >= 11 is 0. The molecule has 1 heterocycles. The van der Waals surface area contributed by atoms with Crippen molar-refractivity contribution in [1.29, 1.82) is 0 Å². The van der Waals surface area contributed by atoms with Gasteiger partial charge in [0.15, 0.2) is 23.0 Å². The number of benzene rings is 10. The lowest BCUT2D eigenvalue weighted by molar-refractivity contribution is 0.360. The Morgan fingerprint density at radius 1 is 0.317 bits per heavy atom. The van der Waals surface area contributed by atoms with E-state index in [1.54, 1.807) is 0 Å². The maximum Gasteiger partial charge on any atom is 0.194 e. The zero-order valence-corrected chi connectivity index (χ0v) is 32.5. The monoisotopic (exact) mass is 765 g/mol. The van der Waals surface area contributed by atoms with Crippen molar-refractivity contribution in [3.63, 3.8) is 0 Å². The number of fused-ring (bicyclic) bond motifs is 14. The molecule has 0 unspecified atom stereocenters. The van der Waals surface area contributed by atoms with Gasteiger partial charge in [0, 0.05) is 11.4 Å². The molecule has 13 rings (SSSR count). The van der Waals surface area contributed by atoms with E-state index in [9.17, 15) is 0 Å². The average Bonchev–Trinajstić information content (AvgIpc) is 3.77. The van der Waals surface area contributed by atoms with Gasteiger partial charge in [0.2, 0.25) is 0 Å². The van der Waals surface area contributed by atoms with Crippen LogP contribution in [0.4, 0.5) is 17.1 Å². The van der Waals surface area contributed by atoms with E-state index < -0.39 is 5.41 Å². The molecule has 0 aromatic heterocycles. The first-order valence-electron chi connectivity index (χ1n) is 20.6. The lowest BCUT2D eigenvalue weighted by Crippen LogP contribution is -2.25. The molecule has 3 aliphatic rings. The predicted molar refractivity (Wildman–Crippen MR) is 244 cm³/mol. The van der Waals surface area contributed by atoms with Crippen LogP contribution in [0.15, 0.2) is 212 Å². The van der Waals surface area contributed by atoms with Gasteiger partial charge in [-0.2, -0.15) is 0 Å². The van der Waals surface area contributed by atoms with E-state index >= 15 is 0 Å². The average molecular weight is 766 g/mol. The van der Waals surface area contributed by atoms with Crippen molar-refractivity contribution in [3.8, 4) is 56.4 Å². The van der Waals surface area contributed by atoms with E-state index in [0.29, 0.717) is 23.0 Å². The number of anilines is 3. The van der Waals surface area contributed by atoms with Gasteiger partial charge in [0.1, 0.15) is 0 Å². The van der Waals surface area contributed by atoms with Gasteiger partial charge in [-0.15, -0.1) is 0 Å². The summed E-state index contributed by atoms with van der Waals surface area (Å²) in [5.74, 6) is 2.76. The van der Waals surface area contributed by atoms with Crippen molar-refractivity contribution >= 4 is 38.6 Å². The molecule has 0 radical (unpaired) electrons. The topological polar surface area (TPSA) is 21.7 Å². The third kappa shape index (κ3) is 4.66. The fourth-order valence-corrected chi connectivity index (χ4v) is 10.3. The molecule has 10 aromatic rings. The molecule has 1 aliphatic heterocycles. The molecule has 280 valence electrons. The Balaban J connectivity index is 0.985. The Morgan fingerprint density at radius 3 is 1.58 bits per heavy atom. The first-order valence-corrected chi connectivity index (χ1v) is 20.6. The molecule has 0 saturated carbocycles. The highest BCUT2D eigenvalue weighted by molar-refractivity contribution is 5.98. The van der Waals surface area contributed by atoms with Gasteiger partial charge < -0.3 is 14.4 Å². The zero-order chi connectivity index (χ0) is 39.4. The highest BCUT2D eigenvalue weighted by atomic mass is 16.6. The molecular weight excluding hydrogens is 731 g/mol. The van der Waals surface area contributed by atoms with Crippen molar-refractivity contribution in [2.24, 2.45) is 0 Å². The van der Waals surface area contributed by atoms with Gasteiger partial charge in [0.05, 0.1) is 11.1 Å². The molecule has 3 heteroatoms. The summed E-state index contributed by atoms with van der Waals surface area (Å²) in [5, 5.41) is 4.69. The third-order valence-corrected chi connectivity index (χ3v) is 12.9.